The smallest absolute Gasteiger partial charge is 0.303 e. The largest absolute Gasteiger partial charge is 1.00 e. The van der Waals surface area contributed by atoms with Gasteiger partial charge in [-0.3, -0.25) is 4.79 Å². The van der Waals surface area contributed by atoms with Crippen LogP contribution >= 0.6 is 0 Å². The minimum absolute atomic E-state index is 0. The number of carboxylic acids is 1. The predicted octanol–water partition coefficient (Wildman–Crippen LogP) is -1.57. The second-order valence-corrected chi connectivity index (χ2v) is 4.38. The van der Waals surface area contributed by atoms with Gasteiger partial charge >= 0.3 is 5.97 Å². The Kier molecular flexibility index (Phi) is 12.8. The van der Waals surface area contributed by atoms with E-state index in [0.29, 0.717) is 5.92 Å². The van der Waals surface area contributed by atoms with E-state index in [2.05, 4.69) is 18.5 Å². The maximum Gasteiger partial charge on any atom is 0.303 e. The summed E-state index contributed by atoms with van der Waals surface area (Å²) < 4.78 is 0. The standard InChI is InChI=1S/C13H23NO2.ClH/c1-4-6-12(7-5-2)10-14-9-11(3)8-13(15)16;/h4-5,11-12,14H,1-2,6-10H2,3H3,(H,15,16);1H. The van der Waals surface area contributed by atoms with Crippen molar-refractivity contribution >= 4 is 5.97 Å². The fraction of sp³-hybridized carbons (Fsp3) is 0.615. The molecule has 0 aliphatic heterocycles. The quantitative estimate of drug-likeness (QED) is 0.467. The van der Waals surface area contributed by atoms with Crippen molar-refractivity contribution in [1.29, 1.82) is 0 Å². The Morgan fingerprint density at radius 1 is 1.29 bits per heavy atom. The number of carbonyl (C=O) groups is 1. The molecular weight excluding hydrogens is 238 g/mol. The molecular formula is C13H24ClNO2. The van der Waals surface area contributed by atoms with Gasteiger partial charge in [-0.15, -0.1) is 13.2 Å². The van der Waals surface area contributed by atoms with Crippen LogP contribution in [0.25, 0.3) is 0 Å². The lowest BCUT2D eigenvalue weighted by atomic mass is 10.0. The van der Waals surface area contributed by atoms with Crippen LogP contribution in [0.5, 0.6) is 0 Å². The number of allylic oxidation sites excluding steroid dienone is 2. The van der Waals surface area contributed by atoms with Crippen molar-refractivity contribution in [3.05, 3.63) is 25.3 Å². The highest BCUT2D eigenvalue weighted by molar-refractivity contribution is 5.66. The molecule has 0 saturated heterocycles. The van der Waals surface area contributed by atoms with Gasteiger partial charge in [-0.2, -0.15) is 0 Å². The molecule has 1 unspecified atom stereocenters. The highest BCUT2D eigenvalue weighted by atomic mass is 35.5. The summed E-state index contributed by atoms with van der Waals surface area (Å²) in [6.07, 6.45) is 6.11. The molecule has 0 saturated carbocycles. The van der Waals surface area contributed by atoms with Gasteiger partial charge in [0.2, 0.25) is 0 Å². The molecule has 0 bridgehead atoms. The third-order valence-corrected chi connectivity index (χ3v) is 2.59. The summed E-state index contributed by atoms with van der Waals surface area (Å²) >= 11 is 0. The van der Waals surface area contributed by atoms with Crippen LogP contribution < -0.4 is 17.7 Å². The summed E-state index contributed by atoms with van der Waals surface area (Å²) in [7, 11) is 0. The third kappa shape index (κ3) is 11.5. The van der Waals surface area contributed by atoms with Crippen LogP contribution in [-0.4, -0.2) is 24.2 Å². The molecule has 3 N–H and O–H groups in total. The summed E-state index contributed by atoms with van der Waals surface area (Å²) in [5.41, 5.74) is 0. The number of nitrogens with two attached hydrogens (primary N) is 1. The van der Waals surface area contributed by atoms with Crippen molar-refractivity contribution < 1.29 is 27.6 Å². The van der Waals surface area contributed by atoms with Crippen LogP contribution in [0.1, 0.15) is 26.2 Å². The number of halogens is 1. The molecule has 0 amide bonds. The molecule has 0 aliphatic carbocycles. The van der Waals surface area contributed by atoms with Crippen LogP contribution in [0.3, 0.4) is 0 Å². The molecule has 0 aliphatic rings. The van der Waals surface area contributed by atoms with E-state index in [1.54, 1.807) is 0 Å². The van der Waals surface area contributed by atoms with Crippen LogP contribution in [0.15, 0.2) is 25.3 Å². The van der Waals surface area contributed by atoms with Gasteiger partial charge in [0.15, 0.2) is 0 Å². The van der Waals surface area contributed by atoms with E-state index >= 15 is 0 Å². The highest BCUT2D eigenvalue weighted by Crippen LogP contribution is 2.06. The zero-order valence-corrected chi connectivity index (χ0v) is 11.3. The van der Waals surface area contributed by atoms with Gasteiger partial charge < -0.3 is 22.8 Å². The number of rotatable bonds is 10. The van der Waals surface area contributed by atoms with Crippen molar-refractivity contribution in [2.45, 2.75) is 26.2 Å². The predicted molar refractivity (Wildman–Crippen MR) is 66.2 cm³/mol. The Morgan fingerprint density at radius 3 is 2.24 bits per heavy atom. The maximum atomic E-state index is 10.5. The summed E-state index contributed by atoms with van der Waals surface area (Å²) in [6, 6.07) is 0. The second-order valence-electron chi connectivity index (χ2n) is 4.38. The van der Waals surface area contributed by atoms with E-state index in [9.17, 15) is 4.79 Å². The molecule has 0 aromatic carbocycles. The van der Waals surface area contributed by atoms with Crippen LogP contribution in [0.2, 0.25) is 0 Å². The Labute approximate surface area is 110 Å². The minimum Gasteiger partial charge on any atom is -1.00 e. The van der Waals surface area contributed by atoms with Gasteiger partial charge in [0.25, 0.3) is 0 Å². The van der Waals surface area contributed by atoms with Crippen LogP contribution in [0, 0.1) is 11.8 Å². The molecule has 0 fully saturated rings. The van der Waals surface area contributed by atoms with Crippen molar-refractivity contribution in [2.24, 2.45) is 11.8 Å². The fourth-order valence-corrected chi connectivity index (χ4v) is 1.76. The zero-order chi connectivity index (χ0) is 12.4. The molecule has 0 rings (SSSR count). The van der Waals surface area contributed by atoms with E-state index in [4.69, 9.17) is 5.11 Å². The molecule has 0 aromatic rings. The number of quaternary nitrogens is 1. The Bertz CT molecular complexity index is 221. The van der Waals surface area contributed by atoms with Gasteiger partial charge in [-0.1, -0.05) is 19.1 Å². The monoisotopic (exact) mass is 261 g/mol. The fourth-order valence-electron chi connectivity index (χ4n) is 1.76. The molecule has 0 aromatic heterocycles. The van der Waals surface area contributed by atoms with Crippen molar-refractivity contribution in [3.63, 3.8) is 0 Å². The van der Waals surface area contributed by atoms with E-state index in [1.165, 1.54) is 0 Å². The molecule has 0 spiro atoms. The summed E-state index contributed by atoms with van der Waals surface area (Å²) in [5, 5.41) is 10.8. The Hall–Kier alpha value is -0.800. The average Bonchev–Trinajstić information content (AvgIpc) is 2.17. The lowest BCUT2D eigenvalue weighted by Crippen LogP contribution is -3.00. The normalized spacial score (nSPS) is 11.6. The first-order valence-corrected chi connectivity index (χ1v) is 5.85. The Balaban J connectivity index is 0. The first kappa shape index (κ1) is 18.6. The summed E-state index contributed by atoms with van der Waals surface area (Å²) in [5.74, 6) is 0.0901. The number of hydrogen-bond donors (Lipinski definition) is 2. The molecule has 0 heterocycles. The lowest BCUT2D eigenvalue weighted by Gasteiger charge is -2.13. The molecule has 17 heavy (non-hydrogen) atoms. The molecule has 3 nitrogen and oxygen atoms in total. The Morgan fingerprint density at radius 2 is 1.82 bits per heavy atom. The number of carboxylic acid groups (broad SMARTS) is 1. The summed E-state index contributed by atoms with van der Waals surface area (Å²) in [6.45, 7) is 11.3. The van der Waals surface area contributed by atoms with Gasteiger partial charge in [0.1, 0.15) is 0 Å². The van der Waals surface area contributed by atoms with Crippen LogP contribution in [-0.2, 0) is 4.79 Å². The lowest BCUT2D eigenvalue weighted by molar-refractivity contribution is -0.665. The van der Waals surface area contributed by atoms with Gasteiger partial charge in [-0.25, -0.2) is 0 Å². The van der Waals surface area contributed by atoms with Crippen molar-refractivity contribution in [1.82, 2.24) is 0 Å². The SMILES string of the molecule is C=CCC(CC=C)C[NH2+]CC(C)CC(=O)O.[Cl-]. The topological polar surface area (TPSA) is 53.9 Å². The molecule has 0 radical (unpaired) electrons. The van der Waals surface area contributed by atoms with E-state index < -0.39 is 5.97 Å². The highest BCUT2D eigenvalue weighted by Gasteiger charge is 2.11. The van der Waals surface area contributed by atoms with Gasteiger partial charge in [0.05, 0.1) is 19.5 Å². The first-order valence-electron chi connectivity index (χ1n) is 5.85. The zero-order valence-electron chi connectivity index (χ0n) is 10.6. The number of hydrogen-bond acceptors (Lipinski definition) is 1. The number of aliphatic carboxylic acids is 1. The van der Waals surface area contributed by atoms with E-state index in [1.807, 2.05) is 19.1 Å². The third-order valence-electron chi connectivity index (χ3n) is 2.59. The van der Waals surface area contributed by atoms with Crippen molar-refractivity contribution in [3.8, 4) is 0 Å². The minimum atomic E-state index is -0.713. The van der Waals surface area contributed by atoms with Crippen molar-refractivity contribution in [2.75, 3.05) is 13.1 Å². The molecule has 1 atom stereocenters. The maximum absolute atomic E-state index is 10.5. The molecule has 100 valence electrons. The van der Waals surface area contributed by atoms with Gasteiger partial charge in [-0.05, 0) is 12.8 Å². The first-order chi connectivity index (χ1) is 7.60. The van der Waals surface area contributed by atoms with E-state index in [0.717, 1.165) is 25.9 Å². The summed E-state index contributed by atoms with van der Waals surface area (Å²) in [4.78, 5) is 10.5. The van der Waals surface area contributed by atoms with Crippen LogP contribution in [0.4, 0.5) is 0 Å². The van der Waals surface area contributed by atoms with Gasteiger partial charge in [0, 0.05) is 11.8 Å². The van der Waals surface area contributed by atoms with E-state index in [-0.39, 0.29) is 24.7 Å². The molecule has 4 heteroatoms. The average molecular weight is 262 g/mol. The second kappa shape index (κ2) is 11.7.